The normalized spacial score (nSPS) is 10.1. The molecule has 0 aromatic heterocycles. The summed E-state index contributed by atoms with van der Waals surface area (Å²) in [5, 5.41) is 0. The lowest BCUT2D eigenvalue weighted by molar-refractivity contribution is -0.161. The summed E-state index contributed by atoms with van der Waals surface area (Å²) in [6, 6.07) is 8.55. The number of rotatable bonds is 8. The van der Waals surface area contributed by atoms with Crippen LogP contribution in [0.15, 0.2) is 42.5 Å². The number of Topliss-reactive ketones (excluding diaryl/α,β-unsaturated/α-hetero) is 1. The van der Waals surface area contributed by atoms with E-state index in [1.165, 1.54) is 0 Å². The van der Waals surface area contributed by atoms with Crippen LogP contribution >= 0.6 is 0 Å². The number of hydrogen-bond acceptors (Lipinski definition) is 5. The Labute approximate surface area is 129 Å². The summed E-state index contributed by atoms with van der Waals surface area (Å²) in [5.41, 5.74) is 0.622. The smallest absolute Gasteiger partial charge is 0.320 e. The van der Waals surface area contributed by atoms with Gasteiger partial charge in [-0.2, -0.15) is 0 Å². The molecule has 22 heavy (non-hydrogen) atoms. The van der Waals surface area contributed by atoms with Gasteiger partial charge in [0.25, 0.3) is 0 Å². The summed E-state index contributed by atoms with van der Waals surface area (Å²) >= 11 is 0. The first-order chi connectivity index (χ1) is 10.5. The molecular formula is C17H20O5. The van der Waals surface area contributed by atoms with E-state index in [1.54, 1.807) is 44.2 Å². The number of carbonyl (C=O) groups is 3. The third-order valence-corrected chi connectivity index (χ3v) is 2.95. The minimum atomic E-state index is -1.17. The van der Waals surface area contributed by atoms with Gasteiger partial charge >= 0.3 is 11.9 Å². The molecule has 0 N–H and O–H groups in total. The maximum atomic E-state index is 12.2. The summed E-state index contributed by atoms with van der Waals surface area (Å²) in [4.78, 5) is 36.0. The quantitative estimate of drug-likeness (QED) is 0.319. The Kier molecular flexibility index (Phi) is 7.02. The SMILES string of the molecule is C=C(CC(C(=O)OCC)C(=O)OCC)C(=O)c1ccccc1. The van der Waals surface area contributed by atoms with Crippen LogP contribution < -0.4 is 0 Å². The van der Waals surface area contributed by atoms with Crippen LogP contribution in [0.2, 0.25) is 0 Å². The molecule has 0 aliphatic heterocycles. The van der Waals surface area contributed by atoms with Crippen molar-refractivity contribution < 1.29 is 23.9 Å². The molecule has 0 amide bonds. The minimum Gasteiger partial charge on any atom is -0.465 e. The van der Waals surface area contributed by atoms with Gasteiger partial charge < -0.3 is 9.47 Å². The molecular weight excluding hydrogens is 284 g/mol. The van der Waals surface area contributed by atoms with Crippen LogP contribution in [0.5, 0.6) is 0 Å². The zero-order chi connectivity index (χ0) is 16.5. The zero-order valence-electron chi connectivity index (χ0n) is 12.8. The number of carbonyl (C=O) groups excluding carboxylic acids is 3. The van der Waals surface area contributed by atoms with Crippen molar-refractivity contribution in [1.82, 2.24) is 0 Å². The molecule has 0 aliphatic carbocycles. The van der Waals surface area contributed by atoms with Crippen molar-refractivity contribution >= 4 is 17.7 Å². The molecule has 0 radical (unpaired) electrons. The van der Waals surface area contributed by atoms with Crippen LogP contribution in [0.1, 0.15) is 30.6 Å². The minimum absolute atomic E-state index is 0.120. The lowest BCUT2D eigenvalue weighted by Gasteiger charge is -2.15. The summed E-state index contributed by atoms with van der Waals surface area (Å²) in [7, 11) is 0. The molecule has 0 bridgehead atoms. The van der Waals surface area contributed by atoms with Crippen molar-refractivity contribution in [2.24, 2.45) is 5.92 Å². The van der Waals surface area contributed by atoms with Crippen LogP contribution in [0.3, 0.4) is 0 Å². The standard InChI is InChI=1S/C17H20O5/c1-4-21-16(19)14(17(20)22-5-2)11-12(3)15(18)13-9-7-6-8-10-13/h6-10,14H,3-5,11H2,1-2H3. The van der Waals surface area contributed by atoms with E-state index in [4.69, 9.17) is 9.47 Å². The van der Waals surface area contributed by atoms with Crippen LogP contribution in [0.4, 0.5) is 0 Å². The van der Waals surface area contributed by atoms with Crippen LogP contribution in [-0.4, -0.2) is 30.9 Å². The molecule has 0 fully saturated rings. The second-order valence-electron chi connectivity index (χ2n) is 4.56. The first-order valence-electron chi connectivity index (χ1n) is 7.12. The number of ketones is 1. The van der Waals surface area contributed by atoms with E-state index < -0.39 is 17.9 Å². The van der Waals surface area contributed by atoms with Crippen molar-refractivity contribution in [1.29, 1.82) is 0 Å². The number of ether oxygens (including phenoxy) is 2. The average Bonchev–Trinajstić information content (AvgIpc) is 2.52. The molecule has 1 aromatic rings. The molecule has 0 heterocycles. The average molecular weight is 304 g/mol. The van der Waals surface area contributed by atoms with Crippen LogP contribution in [0.25, 0.3) is 0 Å². The van der Waals surface area contributed by atoms with Crippen molar-refractivity contribution in [3.8, 4) is 0 Å². The van der Waals surface area contributed by atoms with E-state index in [1.807, 2.05) is 0 Å². The molecule has 1 aromatic carbocycles. The van der Waals surface area contributed by atoms with Gasteiger partial charge in [0.1, 0.15) is 0 Å². The highest BCUT2D eigenvalue weighted by Gasteiger charge is 2.31. The molecule has 5 nitrogen and oxygen atoms in total. The predicted octanol–water partition coefficient (Wildman–Crippen LogP) is 2.56. The van der Waals surface area contributed by atoms with Gasteiger partial charge in [-0.3, -0.25) is 14.4 Å². The Morgan fingerprint density at radius 1 is 1.00 bits per heavy atom. The topological polar surface area (TPSA) is 69.7 Å². The maximum absolute atomic E-state index is 12.2. The lowest BCUT2D eigenvalue weighted by Crippen LogP contribution is -2.29. The Morgan fingerprint density at radius 3 is 1.95 bits per heavy atom. The van der Waals surface area contributed by atoms with Crippen LogP contribution in [-0.2, 0) is 19.1 Å². The van der Waals surface area contributed by atoms with E-state index in [2.05, 4.69) is 6.58 Å². The van der Waals surface area contributed by atoms with Gasteiger partial charge in [-0.15, -0.1) is 0 Å². The number of allylic oxidation sites excluding steroid dienone is 1. The molecule has 0 saturated carbocycles. The Morgan fingerprint density at radius 2 is 1.50 bits per heavy atom. The van der Waals surface area contributed by atoms with E-state index >= 15 is 0 Å². The number of esters is 2. The van der Waals surface area contributed by atoms with E-state index in [0.29, 0.717) is 5.56 Å². The highest BCUT2D eigenvalue weighted by molar-refractivity contribution is 6.09. The van der Waals surface area contributed by atoms with Crippen molar-refractivity contribution in [2.45, 2.75) is 20.3 Å². The van der Waals surface area contributed by atoms with Gasteiger partial charge in [-0.25, -0.2) is 0 Å². The summed E-state index contributed by atoms with van der Waals surface area (Å²) in [6.45, 7) is 7.27. The zero-order valence-corrected chi connectivity index (χ0v) is 12.8. The summed E-state index contributed by atoms with van der Waals surface area (Å²) < 4.78 is 9.73. The van der Waals surface area contributed by atoms with E-state index in [9.17, 15) is 14.4 Å². The summed E-state index contributed by atoms with van der Waals surface area (Å²) in [5.74, 6) is -2.88. The van der Waals surface area contributed by atoms with Gasteiger partial charge in [0.2, 0.25) is 0 Å². The first-order valence-corrected chi connectivity index (χ1v) is 7.12. The van der Waals surface area contributed by atoms with Gasteiger partial charge in [0, 0.05) is 5.56 Å². The molecule has 0 aliphatic rings. The molecule has 5 heteroatoms. The Bertz CT molecular complexity index is 529. The Hall–Kier alpha value is -2.43. The summed E-state index contributed by atoms with van der Waals surface area (Å²) in [6.07, 6.45) is -0.120. The monoisotopic (exact) mass is 304 g/mol. The molecule has 0 saturated heterocycles. The number of benzene rings is 1. The molecule has 118 valence electrons. The molecule has 0 spiro atoms. The van der Waals surface area contributed by atoms with Gasteiger partial charge in [-0.1, -0.05) is 36.9 Å². The van der Waals surface area contributed by atoms with Crippen molar-refractivity contribution in [3.05, 3.63) is 48.0 Å². The largest absolute Gasteiger partial charge is 0.465 e. The second-order valence-corrected chi connectivity index (χ2v) is 4.56. The number of hydrogen-bond donors (Lipinski definition) is 0. The molecule has 0 atom stereocenters. The molecule has 1 rings (SSSR count). The third kappa shape index (κ3) is 4.84. The maximum Gasteiger partial charge on any atom is 0.320 e. The van der Waals surface area contributed by atoms with Crippen molar-refractivity contribution in [2.75, 3.05) is 13.2 Å². The highest BCUT2D eigenvalue weighted by atomic mass is 16.6. The van der Waals surface area contributed by atoms with E-state index in [-0.39, 0.29) is 31.0 Å². The lowest BCUT2D eigenvalue weighted by atomic mass is 9.94. The van der Waals surface area contributed by atoms with Crippen molar-refractivity contribution in [3.63, 3.8) is 0 Å². The fourth-order valence-corrected chi connectivity index (χ4v) is 1.88. The van der Waals surface area contributed by atoms with Gasteiger partial charge in [0.15, 0.2) is 11.7 Å². The fourth-order valence-electron chi connectivity index (χ4n) is 1.88. The first kappa shape index (κ1) is 17.6. The highest BCUT2D eigenvalue weighted by Crippen LogP contribution is 2.18. The van der Waals surface area contributed by atoms with Gasteiger partial charge in [0.05, 0.1) is 13.2 Å². The molecule has 0 unspecified atom stereocenters. The second kappa shape index (κ2) is 8.77. The Balaban J connectivity index is 2.84. The van der Waals surface area contributed by atoms with E-state index in [0.717, 1.165) is 0 Å². The van der Waals surface area contributed by atoms with Crippen LogP contribution in [0, 0.1) is 5.92 Å². The predicted molar refractivity (Wildman–Crippen MR) is 81.3 cm³/mol. The fraction of sp³-hybridized carbons (Fsp3) is 0.353. The van der Waals surface area contributed by atoms with Gasteiger partial charge in [-0.05, 0) is 25.8 Å². The third-order valence-electron chi connectivity index (χ3n) is 2.95.